The van der Waals surface area contributed by atoms with Gasteiger partial charge in [-0.1, -0.05) is 25.1 Å². The Labute approximate surface area is 165 Å². The highest BCUT2D eigenvalue weighted by Crippen LogP contribution is 2.28. The molecule has 0 radical (unpaired) electrons. The van der Waals surface area contributed by atoms with E-state index < -0.39 is 0 Å². The lowest BCUT2D eigenvalue weighted by Gasteiger charge is -2.40. The number of nitrogens with one attached hydrogen (secondary N) is 1. The molecule has 0 saturated carbocycles. The molecule has 6 heteroatoms. The van der Waals surface area contributed by atoms with Crippen molar-refractivity contribution in [3.05, 3.63) is 52.0 Å². The Balaban J connectivity index is 1.54. The lowest BCUT2D eigenvalue weighted by Crippen LogP contribution is -2.45. The lowest BCUT2D eigenvalue weighted by atomic mass is 9.92. The second-order valence-corrected chi connectivity index (χ2v) is 8.54. The van der Waals surface area contributed by atoms with E-state index in [9.17, 15) is 4.79 Å². The van der Waals surface area contributed by atoms with Crippen molar-refractivity contribution < 1.29 is 9.53 Å². The molecule has 1 unspecified atom stereocenters. The molecule has 0 bridgehead atoms. The summed E-state index contributed by atoms with van der Waals surface area (Å²) in [5, 5.41) is 6.00. The van der Waals surface area contributed by atoms with Gasteiger partial charge in [0.25, 0.3) is 5.91 Å². The maximum absolute atomic E-state index is 12.2. The van der Waals surface area contributed by atoms with Crippen LogP contribution in [0.4, 0.5) is 0 Å². The van der Waals surface area contributed by atoms with E-state index >= 15 is 0 Å². The predicted molar refractivity (Wildman–Crippen MR) is 109 cm³/mol. The molecule has 146 valence electrons. The van der Waals surface area contributed by atoms with Gasteiger partial charge in [0.2, 0.25) is 0 Å². The fraction of sp³-hybridized carbons (Fsp3) is 0.524. The second kappa shape index (κ2) is 8.95. The number of amides is 1. The number of rotatable bonds is 7. The van der Waals surface area contributed by atoms with E-state index in [4.69, 9.17) is 9.72 Å². The van der Waals surface area contributed by atoms with Crippen LogP contribution in [0.15, 0.2) is 35.7 Å². The summed E-state index contributed by atoms with van der Waals surface area (Å²) >= 11 is 1.61. The number of hydrogen-bond donors (Lipinski definition) is 1. The first-order chi connectivity index (χ1) is 13.0. The summed E-state index contributed by atoms with van der Waals surface area (Å²) in [6.07, 6.45) is 2.12. The van der Waals surface area contributed by atoms with Crippen LogP contribution in [0.3, 0.4) is 0 Å². The topological polar surface area (TPSA) is 54.5 Å². The number of carbonyl (C=O) groups is 1. The van der Waals surface area contributed by atoms with Crippen molar-refractivity contribution >= 4 is 17.2 Å². The Morgan fingerprint density at radius 3 is 2.85 bits per heavy atom. The quantitative estimate of drug-likeness (QED) is 0.784. The molecule has 1 aliphatic heterocycles. The van der Waals surface area contributed by atoms with E-state index in [2.05, 4.69) is 36.4 Å². The minimum Gasteiger partial charge on any atom is -0.375 e. The molecular formula is C21H29N3O2S. The lowest BCUT2D eigenvalue weighted by molar-refractivity contribution is -0.0839. The Hall–Kier alpha value is -1.76. The Morgan fingerprint density at radius 2 is 2.15 bits per heavy atom. The van der Waals surface area contributed by atoms with Crippen molar-refractivity contribution in [1.29, 1.82) is 0 Å². The number of thiazole rings is 1. The molecule has 1 saturated heterocycles. The van der Waals surface area contributed by atoms with E-state index in [0.717, 1.165) is 43.2 Å². The monoisotopic (exact) mass is 387 g/mol. The van der Waals surface area contributed by atoms with E-state index in [1.807, 2.05) is 30.3 Å². The fourth-order valence-corrected chi connectivity index (χ4v) is 4.29. The number of hydrogen-bond acceptors (Lipinski definition) is 5. The minimum absolute atomic E-state index is 0.0503. The van der Waals surface area contributed by atoms with Gasteiger partial charge in [-0.2, -0.15) is 0 Å². The molecule has 3 rings (SSSR count). The zero-order valence-corrected chi connectivity index (χ0v) is 17.2. The Morgan fingerprint density at radius 1 is 1.37 bits per heavy atom. The Bertz CT molecular complexity index is 745. The molecule has 1 aliphatic rings. The molecule has 1 N–H and O–H groups in total. The zero-order chi connectivity index (χ0) is 19.3. The summed E-state index contributed by atoms with van der Waals surface area (Å²) in [4.78, 5) is 19.4. The van der Waals surface area contributed by atoms with E-state index in [1.165, 1.54) is 0 Å². The third kappa shape index (κ3) is 5.61. The van der Waals surface area contributed by atoms with Gasteiger partial charge >= 0.3 is 0 Å². The van der Waals surface area contributed by atoms with Crippen LogP contribution in [0.5, 0.6) is 0 Å². The largest absolute Gasteiger partial charge is 0.375 e. The fourth-order valence-electron chi connectivity index (χ4n) is 3.57. The van der Waals surface area contributed by atoms with Gasteiger partial charge in [0.15, 0.2) is 0 Å². The summed E-state index contributed by atoms with van der Waals surface area (Å²) in [7, 11) is 0. The molecule has 2 aromatic rings. The van der Waals surface area contributed by atoms with Gasteiger partial charge in [-0.05, 0) is 45.4 Å². The third-order valence-corrected chi connectivity index (χ3v) is 5.89. The standard InChI is InChI=1S/C21H29N3O2S/c1-4-24(18-10-11-26-21(2,3)12-18)14-17-15-27-19(23-17)13-22-20(25)16-8-6-5-7-9-16/h5-9,15,18H,4,10-14H2,1-3H3,(H,22,25). The molecule has 1 aromatic carbocycles. The van der Waals surface area contributed by atoms with E-state index in [1.54, 1.807) is 11.3 Å². The van der Waals surface area contributed by atoms with Crippen LogP contribution in [0.25, 0.3) is 0 Å². The zero-order valence-electron chi connectivity index (χ0n) is 16.4. The maximum atomic E-state index is 12.2. The molecule has 1 fully saturated rings. The molecule has 5 nitrogen and oxygen atoms in total. The number of nitrogens with zero attached hydrogens (tertiary/aromatic N) is 2. The van der Waals surface area contributed by atoms with Crippen LogP contribution in [-0.4, -0.2) is 40.6 Å². The van der Waals surface area contributed by atoms with Gasteiger partial charge in [-0.15, -0.1) is 11.3 Å². The highest BCUT2D eigenvalue weighted by Gasteiger charge is 2.31. The summed E-state index contributed by atoms with van der Waals surface area (Å²) in [5.74, 6) is -0.0630. The van der Waals surface area contributed by atoms with Crippen molar-refractivity contribution in [1.82, 2.24) is 15.2 Å². The molecule has 1 amide bonds. The molecule has 27 heavy (non-hydrogen) atoms. The van der Waals surface area contributed by atoms with Gasteiger partial charge in [-0.3, -0.25) is 9.69 Å². The van der Waals surface area contributed by atoms with Crippen LogP contribution in [0.1, 0.15) is 54.7 Å². The SMILES string of the molecule is CCN(Cc1csc(CNC(=O)c2ccccc2)n1)C1CCOC(C)(C)C1. The molecular weight excluding hydrogens is 358 g/mol. The number of benzene rings is 1. The van der Waals surface area contributed by atoms with Crippen LogP contribution in [0, 0.1) is 0 Å². The third-order valence-electron chi connectivity index (χ3n) is 4.99. The average Bonchev–Trinajstić information content (AvgIpc) is 3.11. The summed E-state index contributed by atoms with van der Waals surface area (Å²) in [5.41, 5.74) is 1.70. The summed E-state index contributed by atoms with van der Waals surface area (Å²) < 4.78 is 5.85. The highest BCUT2D eigenvalue weighted by molar-refractivity contribution is 7.09. The number of carbonyl (C=O) groups excluding carboxylic acids is 1. The smallest absolute Gasteiger partial charge is 0.251 e. The number of aromatic nitrogens is 1. The molecule has 2 heterocycles. The van der Waals surface area contributed by atoms with Crippen LogP contribution in [-0.2, 0) is 17.8 Å². The van der Waals surface area contributed by atoms with Crippen molar-refractivity contribution in [3.8, 4) is 0 Å². The first kappa shape index (κ1) is 20.0. The molecule has 0 aliphatic carbocycles. The van der Waals surface area contributed by atoms with Gasteiger partial charge in [-0.25, -0.2) is 4.98 Å². The van der Waals surface area contributed by atoms with Gasteiger partial charge in [0, 0.05) is 30.1 Å². The van der Waals surface area contributed by atoms with Gasteiger partial charge < -0.3 is 10.1 Å². The first-order valence-corrected chi connectivity index (χ1v) is 10.5. The molecule has 1 atom stereocenters. The first-order valence-electron chi connectivity index (χ1n) is 9.61. The van der Waals surface area contributed by atoms with Gasteiger partial charge in [0.05, 0.1) is 17.8 Å². The minimum atomic E-state index is -0.0630. The van der Waals surface area contributed by atoms with Crippen molar-refractivity contribution in [2.75, 3.05) is 13.2 Å². The van der Waals surface area contributed by atoms with Gasteiger partial charge in [0.1, 0.15) is 5.01 Å². The second-order valence-electron chi connectivity index (χ2n) is 7.60. The normalized spacial score (nSPS) is 19.2. The van der Waals surface area contributed by atoms with Crippen LogP contribution < -0.4 is 5.32 Å². The molecule has 0 spiro atoms. The van der Waals surface area contributed by atoms with Crippen molar-refractivity contribution in [2.24, 2.45) is 0 Å². The van der Waals surface area contributed by atoms with E-state index in [-0.39, 0.29) is 11.5 Å². The van der Waals surface area contributed by atoms with E-state index in [0.29, 0.717) is 18.2 Å². The number of ether oxygens (including phenoxy) is 1. The summed E-state index contributed by atoms with van der Waals surface area (Å²) in [6, 6.07) is 9.80. The summed E-state index contributed by atoms with van der Waals surface area (Å²) in [6.45, 7) is 9.68. The average molecular weight is 388 g/mol. The molecule has 1 aromatic heterocycles. The Kier molecular flexibility index (Phi) is 6.63. The van der Waals surface area contributed by atoms with Crippen molar-refractivity contribution in [3.63, 3.8) is 0 Å². The van der Waals surface area contributed by atoms with Crippen molar-refractivity contribution in [2.45, 2.75) is 58.3 Å². The predicted octanol–water partition coefficient (Wildman–Crippen LogP) is 3.85. The van der Waals surface area contributed by atoms with Crippen LogP contribution >= 0.6 is 11.3 Å². The maximum Gasteiger partial charge on any atom is 0.251 e. The van der Waals surface area contributed by atoms with Crippen LogP contribution in [0.2, 0.25) is 0 Å². The highest BCUT2D eigenvalue weighted by atomic mass is 32.1.